The van der Waals surface area contributed by atoms with Crippen molar-refractivity contribution in [1.82, 2.24) is 15.2 Å². The summed E-state index contributed by atoms with van der Waals surface area (Å²) in [6, 6.07) is 19.9. The van der Waals surface area contributed by atoms with Gasteiger partial charge in [0.1, 0.15) is 11.0 Å². The summed E-state index contributed by atoms with van der Waals surface area (Å²) in [7, 11) is 0. The summed E-state index contributed by atoms with van der Waals surface area (Å²) in [5.74, 6) is -0.0847. The van der Waals surface area contributed by atoms with Crippen LogP contribution in [0.5, 0.6) is 5.19 Å². The van der Waals surface area contributed by atoms with Gasteiger partial charge < -0.3 is 15.0 Å². The molecule has 0 radical (unpaired) electrons. The number of anilines is 1. The molecule has 1 aromatic heterocycles. The summed E-state index contributed by atoms with van der Waals surface area (Å²) in [6.45, 7) is 4.44. The fourth-order valence-corrected chi connectivity index (χ4v) is 5.71. The Bertz CT molecular complexity index is 1310. The van der Waals surface area contributed by atoms with Crippen LogP contribution in [-0.4, -0.2) is 54.1 Å². The molecule has 0 unspecified atom stereocenters. The van der Waals surface area contributed by atoms with E-state index in [0.717, 1.165) is 64.1 Å². The van der Waals surface area contributed by atoms with Gasteiger partial charge in [-0.05, 0) is 54.8 Å². The molecule has 0 bridgehead atoms. The average molecular weight is 527 g/mol. The molecule has 1 N–H and O–H groups in total. The van der Waals surface area contributed by atoms with Crippen molar-refractivity contribution in [3.05, 3.63) is 76.3 Å². The molecule has 38 heavy (non-hydrogen) atoms. The lowest BCUT2D eigenvalue weighted by Crippen LogP contribution is -2.44. The fraction of sp³-hybridized carbons (Fsp3) is 0.379. The lowest BCUT2D eigenvalue weighted by Gasteiger charge is -2.33. The third-order valence-electron chi connectivity index (χ3n) is 7.19. The van der Waals surface area contributed by atoms with E-state index < -0.39 is 0 Å². The predicted octanol–water partition coefficient (Wildman–Crippen LogP) is 4.33. The summed E-state index contributed by atoms with van der Waals surface area (Å²) in [4.78, 5) is 22.5. The van der Waals surface area contributed by atoms with Crippen molar-refractivity contribution >= 4 is 22.9 Å². The molecule has 2 aromatic carbocycles. The lowest BCUT2D eigenvalue weighted by molar-refractivity contribution is 0.0913. The van der Waals surface area contributed by atoms with Crippen LogP contribution in [0.25, 0.3) is 0 Å². The first-order valence-corrected chi connectivity index (χ1v) is 13.8. The Kier molecular flexibility index (Phi) is 8.18. The molecule has 2 saturated heterocycles. The minimum Gasteiger partial charge on any atom is -0.467 e. The third kappa shape index (κ3) is 6.49. The number of hydrogen-bond acceptors (Lipinski definition) is 8. The van der Waals surface area contributed by atoms with Crippen LogP contribution in [0.1, 0.15) is 52.0 Å². The molecule has 2 aliphatic rings. The van der Waals surface area contributed by atoms with Crippen LogP contribution in [0.15, 0.2) is 54.7 Å². The highest BCUT2D eigenvalue weighted by molar-refractivity contribution is 7.15. The topological polar surface area (TPSA) is 105 Å². The van der Waals surface area contributed by atoms with Crippen molar-refractivity contribution in [3.8, 4) is 17.3 Å². The number of likely N-dealkylation sites (tertiary alicyclic amines) is 1. The Morgan fingerprint density at radius 3 is 2.21 bits per heavy atom. The number of nitrogens with zero attached hydrogens (tertiary/aromatic N) is 5. The van der Waals surface area contributed by atoms with E-state index in [1.807, 2.05) is 48.5 Å². The summed E-state index contributed by atoms with van der Waals surface area (Å²) in [5.41, 5.74) is 3.66. The van der Waals surface area contributed by atoms with Gasteiger partial charge in [0, 0.05) is 57.3 Å². The number of hydrogen-bond donors (Lipinski definition) is 1. The molecular formula is C29H30N6O2S. The summed E-state index contributed by atoms with van der Waals surface area (Å²) in [6.07, 6.45) is 5.25. The van der Waals surface area contributed by atoms with Gasteiger partial charge in [0.05, 0.1) is 29.5 Å². The van der Waals surface area contributed by atoms with Gasteiger partial charge in [0.2, 0.25) is 0 Å². The van der Waals surface area contributed by atoms with Gasteiger partial charge in [0.15, 0.2) is 0 Å². The number of thiazole rings is 1. The molecule has 3 aromatic rings. The monoisotopic (exact) mass is 526 g/mol. The number of nitriles is 2. The van der Waals surface area contributed by atoms with Crippen molar-refractivity contribution in [3.63, 3.8) is 0 Å². The van der Waals surface area contributed by atoms with E-state index in [9.17, 15) is 4.79 Å². The maximum absolute atomic E-state index is 12.8. The molecule has 0 spiro atoms. The largest absolute Gasteiger partial charge is 0.467 e. The van der Waals surface area contributed by atoms with Crippen molar-refractivity contribution in [2.75, 3.05) is 31.1 Å². The van der Waals surface area contributed by atoms with Gasteiger partial charge >= 0.3 is 0 Å². The van der Waals surface area contributed by atoms with Gasteiger partial charge in [0.25, 0.3) is 11.1 Å². The van der Waals surface area contributed by atoms with Crippen LogP contribution >= 0.6 is 11.3 Å². The van der Waals surface area contributed by atoms with Gasteiger partial charge in [-0.1, -0.05) is 23.5 Å². The van der Waals surface area contributed by atoms with E-state index in [4.69, 9.17) is 15.3 Å². The lowest BCUT2D eigenvalue weighted by atomic mass is 10.0. The number of benzene rings is 2. The number of amides is 1. The Morgan fingerprint density at radius 2 is 1.58 bits per heavy atom. The van der Waals surface area contributed by atoms with Crippen LogP contribution < -0.4 is 15.0 Å². The molecular weight excluding hydrogens is 496 g/mol. The Balaban J connectivity index is 1.04. The summed E-state index contributed by atoms with van der Waals surface area (Å²) >= 11 is 1.31. The number of aromatic nitrogens is 1. The van der Waals surface area contributed by atoms with Crippen molar-refractivity contribution < 1.29 is 9.53 Å². The normalized spacial score (nSPS) is 16.9. The van der Waals surface area contributed by atoms with E-state index in [0.29, 0.717) is 21.2 Å². The Morgan fingerprint density at radius 1 is 0.947 bits per heavy atom. The van der Waals surface area contributed by atoms with E-state index in [1.54, 1.807) is 6.20 Å². The maximum Gasteiger partial charge on any atom is 0.274 e. The van der Waals surface area contributed by atoms with Crippen molar-refractivity contribution in [1.29, 1.82) is 10.5 Å². The van der Waals surface area contributed by atoms with E-state index in [1.165, 1.54) is 16.9 Å². The molecule has 1 amide bonds. The predicted molar refractivity (Wildman–Crippen MR) is 146 cm³/mol. The second kappa shape index (κ2) is 12.1. The molecule has 0 atom stereocenters. The van der Waals surface area contributed by atoms with Crippen LogP contribution in [0, 0.1) is 22.7 Å². The Labute approximate surface area is 227 Å². The van der Waals surface area contributed by atoms with Crippen molar-refractivity contribution in [2.24, 2.45) is 0 Å². The van der Waals surface area contributed by atoms with E-state index >= 15 is 0 Å². The maximum atomic E-state index is 12.8. The van der Waals surface area contributed by atoms with Crippen LogP contribution in [0.3, 0.4) is 0 Å². The molecule has 194 valence electrons. The minimum absolute atomic E-state index is 0.0760. The smallest absolute Gasteiger partial charge is 0.274 e. The van der Waals surface area contributed by atoms with Gasteiger partial charge in [-0.15, -0.1) is 0 Å². The van der Waals surface area contributed by atoms with Gasteiger partial charge in [-0.3, -0.25) is 9.69 Å². The number of carbonyl (C=O) groups excluding carboxylic acids is 1. The number of ether oxygens (including phenoxy) is 1. The van der Waals surface area contributed by atoms with Crippen molar-refractivity contribution in [2.45, 2.75) is 44.4 Å². The Hall–Kier alpha value is -3.92. The zero-order chi connectivity index (χ0) is 26.3. The summed E-state index contributed by atoms with van der Waals surface area (Å²) < 4.78 is 6.12. The molecule has 2 aliphatic heterocycles. The number of carbonyl (C=O) groups is 1. The quantitative estimate of drug-likeness (QED) is 0.489. The van der Waals surface area contributed by atoms with Crippen LogP contribution in [-0.2, 0) is 6.54 Å². The van der Waals surface area contributed by atoms with E-state index in [2.05, 4.69) is 32.2 Å². The molecule has 0 aliphatic carbocycles. The minimum atomic E-state index is -0.0847. The molecule has 0 saturated carbocycles. The second-order valence-electron chi connectivity index (χ2n) is 9.79. The summed E-state index contributed by atoms with van der Waals surface area (Å²) in [5, 5.41) is 21.6. The van der Waals surface area contributed by atoms with Gasteiger partial charge in [-0.2, -0.15) is 10.5 Å². The van der Waals surface area contributed by atoms with Crippen LogP contribution in [0.2, 0.25) is 0 Å². The highest BCUT2D eigenvalue weighted by Gasteiger charge is 2.24. The first-order valence-electron chi connectivity index (χ1n) is 13.0. The number of piperidine rings is 2. The zero-order valence-corrected chi connectivity index (χ0v) is 22.0. The molecule has 2 fully saturated rings. The fourth-order valence-electron chi connectivity index (χ4n) is 4.97. The second-order valence-corrected chi connectivity index (χ2v) is 10.8. The highest BCUT2D eigenvalue weighted by atomic mass is 32.1. The molecule has 5 rings (SSSR count). The zero-order valence-electron chi connectivity index (χ0n) is 21.2. The average Bonchev–Trinajstić information content (AvgIpc) is 3.44. The molecule has 9 heteroatoms. The number of rotatable bonds is 7. The molecule has 8 nitrogen and oxygen atoms in total. The molecule has 3 heterocycles. The van der Waals surface area contributed by atoms with E-state index in [-0.39, 0.29) is 18.1 Å². The highest BCUT2D eigenvalue weighted by Crippen LogP contribution is 2.27. The first kappa shape index (κ1) is 25.7. The number of nitrogens with one attached hydrogen (secondary N) is 1. The third-order valence-corrected chi connectivity index (χ3v) is 8.08. The SMILES string of the molecule is N#Cc1ccc(CN2CCC(NC(=O)c3cnc(OC4CCN(c5ccc(C#N)cc5)CC4)s3)CC2)cc1. The van der Waals surface area contributed by atoms with Crippen LogP contribution in [0.4, 0.5) is 5.69 Å². The first-order chi connectivity index (χ1) is 18.6. The van der Waals surface area contributed by atoms with Gasteiger partial charge in [-0.25, -0.2) is 4.98 Å². The standard InChI is InChI=1S/C29H30N6O2S/c30-17-21-1-3-23(4-2-21)20-34-13-9-24(10-14-34)33-28(36)27-19-32-29(38-27)37-26-11-15-35(16-12-26)25-7-5-22(18-31)6-8-25/h1-8,19,24,26H,9-16,20H2,(H,33,36).